The molecule has 1 saturated heterocycles. The van der Waals surface area contributed by atoms with Crippen LogP contribution in [0.3, 0.4) is 0 Å². The van der Waals surface area contributed by atoms with Crippen molar-refractivity contribution in [2.75, 3.05) is 13.2 Å². The molecule has 0 saturated carbocycles. The van der Waals surface area contributed by atoms with Crippen LogP contribution in [0.1, 0.15) is 18.6 Å². The molecule has 2 heterocycles. The molecule has 15 heavy (non-hydrogen) atoms. The number of rotatable bonds is 4. The fourth-order valence-electron chi connectivity index (χ4n) is 1.68. The van der Waals surface area contributed by atoms with Gasteiger partial charge in [-0.05, 0) is 31.4 Å². The van der Waals surface area contributed by atoms with Crippen LogP contribution in [-0.2, 0) is 44.1 Å². The van der Waals surface area contributed by atoms with Crippen molar-refractivity contribution >= 4 is 7.98 Å². The molecule has 3 nitrogen and oxygen atoms in total. The minimum atomic E-state index is 0. The van der Waals surface area contributed by atoms with E-state index in [1.54, 1.807) is 6.07 Å². The van der Waals surface area contributed by atoms with E-state index < -0.39 is 0 Å². The standard InChI is InChI=1S/C10H13BNO2.Y/c11-12-5-1-3-9(12)7-13-8-10-4-2-6-14-10;/h2,4,9H,1,3,5,7-8H2;/q-1;. The van der Waals surface area contributed by atoms with Gasteiger partial charge in [0.1, 0.15) is 0 Å². The molecule has 3 radical (unpaired) electrons. The van der Waals surface area contributed by atoms with Crippen molar-refractivity contribution in [3.63, 3.8) is 0 Å². The number of furan rings is 1. The summed E-state index contributed by atoms with van der Waals surface area (Å²) in [5.74, 6) is 0.812. The van der Waals surface area contributed by atoms with Gasteiger partial charge < -0.3 is 14.0 Å². The molecule has 1 unspecified atom stereocenters. The second-order valence-electron chi connectivity index (χ2n) is 3.57. The van der Waals surface area contributed by atoms with Gasteiger partial charge in [-0.25, -0.2) is 0 Å². The van der Waals surface area contributed by atoms with Crippen LogP contribution in [0, 0.1) is 6.26 Å². The summed E-state index contributed by atoms with van der Waals surface area (Å²) >= 11 is 0. The van der Waals surface area contributed by atoms with Crippen molar-refractivity contribution in [2.24, 2.45) is 0 Å². The number of hydrogen-bond donors (Lipinski definition) is 0. The Morgan fingerprint density at radius 1 is 1.67 bits per heavy atom. The number of hydrogen-bond acceptors (Lipinski definition) is 3. The van der Waals surface area contributed by atoms with E-state index in [1.807, 2.05) is 10.9 Å². The van der Waals surface area contributed by atoms with Crippen molar-refractivity contribution in [3.05, 3.63) is 24.2 Å². The Morgan fingerprint density at radius 3 is 3.13 bits per heavy atom. The van der Waals surface area contributed by atoms with Crippen LogP contribution in [0.2, 0.25) is 0 Å². The Morgan fingerprint density at radius 2 is 2.53 bits per heavy atom. The zero-order chi connectivity index (χ0) is 9.80. The van der Waals surface area contributed by atoms with Crippen LogP contribution in [0.25, 0.3) is 0 Å². The molecule has 0 amide bonds. The average Bonchev–Trinajstić information content (AvgIpc) is 2.78. The molecule has 5 heteroatoms. The predicted octanol–water partition coefficient (Wildman–Crippen LogP) is 1.14. The van der Waals surface area contributed by atoms with E-state index in [-0.39, 0.29) is 32.7 Å². The average molecular weight is 279 g/mol. The second kappa shape index (κ2) is 6.85. The van der Waals surface area contributed by atoms with Gasteiger partial charge in [-0.3, -0.25) is 0 Å². The normalized spacial score (nSPS) is 21.5. The summed E-state index contributed by atoms with van der Waals surface area (Å²) in [7, 11) is 5.76. The SMILES string of the molecule is [B]N1CCCC1COCc1cc[c-]o1.[Y]. The van der Waals surface area contributed by atoms with Gasteiger partial charge in [-0.1, -0.05) is 0 Å². The summed E-state index contributed by atoms with van der Waals surface area (Å²) in [6.45, 7) is 2.16. The molecule has 2 rings (SSSR count). The molecule has 0 aromatic carbocycles. The van der Waals surface area contributed by atoms with Gasteiger partial charge in [0, 0.05) is 45.4 Å². The Bertz CT molecular complexity index is 268. The Hall–Kier alpha value is 0.369. The minimum Gasteiger partial charge on any atom is -0.593 e. The molecular formula is C10H13BNO2Y-. The predicted molar refractivity (Wildman–Crippen MR) is 52.7 cm³/mol. The van der Waals surface area contributed by atoms with Gasteiger partial charge in [0.25, 0.3) is 0 Å². The smallest absolute Gasteiger partial charge is 0.182 e. The van der Waals surface area contributed by atoms with Crippen molar-refractivity contribution in [2.45, 2.75) is 25.5 Å². The quantitative estimate of drug-likeness (QED) is 0.610. The summed E-state index contributed by atoms with van der Waals surface area (Å²) in [6.07, 6.45) is 4.92. The first-order chi connectivity index (χ1) is 6.86. The van der Waals surface area contributed by atoms with Crippen LogP contribution in [-0.4, -0.2) is 32.0 Å². The summed E-state index contributed by atoms with van der Waals surface area (Å²) < 4.78 is 10.5. The van der Waals surface area contributed by atoms with E-state index in [4.69, 9.17) is 17.1 Å². The van der Waals surface area contributed by atoms with E-state index >= 15 is 0 Å². The fraction of sp³-hybridized carbons (Fsp3) is 0.600. The Kier molecular flexibility index (Phi) is 6.13. The molecule has 1 aliphatic rings. The number of ether oxygens (including phenoxy) is 1. The maximum atomic E-state index is 5.76. The summed E-state index contributed by atoms with van der Waals surface area (Å²) in [5, 5.41) is 0. The first-order valence-corrected chi connectivity index (χ1v) is 4.90. The third kappa shape index (κ3) is 4.03. The van der Waals surface area contributed by atoms with Crippen LogP contribution in [0.5, 0.6) is 0 Å². The molecular weight excluding hydrogens is 266 g/mol. The fourth-order valence-corrected chi connectivity index (χ4v) is 1.68. The third-order valence-corrected chi connectivity index (χ3v) is 2.50. The van der Waals surface area contributed by atoms with Gasteiger partial charge in [0.05, 0.1) is 6.61 Å². The van der Waals surface area contributed by atoms with Crippen LogP contribution in [0.4, 0.5) is 0 Å². The molecule has 0 N–H and O–H groups in total. The molecule has 1 fully saturated rings. The summed E-state index contributed by atoms with van der Waals surface area (Å²) in [5.41, 5.74) is 0. The zero-order valence-electron chi connectivity index (χ0n) is 8.69. The van der Waals surface area contributed by atoms with Gasteiger partial charge in [0.15, 0.2) is 7.98 Å². The van der Waals surface area contributed by atoms with Crippen molar-refractivity contribution in [1.82, 2.24) is 4.81 Å². The summed E-state index contributed by atoms with van der Waals surface area (Å²) in [6, 6.07) is 3.96. The van der Waals surface area contributed by atoms with Crippen molar-refractivity contribution in [1.29, 1.82) is 0 Å². The first kappa shape index (κ1) is 13.4. The van der Waals surface area contributed by atoms with E-state index in [0.29, 0.717) is 19.3 Å². The molecule has 1 aromatic heterocycles. The maximum Gasteiger partial charge on any atom is 0.182 e. The molecule has 1 aromatic rings. The van der Waals surface area contributed by atoms with E-state index in [1.165, 1.54) is 6.42 Å². The molecule has 0 spiro atoms. The van der Waals surface area contributed by atoms with Gasteiger partial charge in [-0.15, -0.1) is 6.07 Å². The Labute approximate surface area is 117 Å². The van der Waals surface area contributed by atoms with Crippen molar-refractivity contribution < 1.29 is 41.9 Å². The monoisotopic (exact) mass is 279 g/mol. The van der Waals surface area contributed by atoms with E-state index in [0.717, 1.165) is 18.7 Å². The second-order valence-corrected chi connectivity index (χ2v) is 3.57. The minimum absolute atomic E-state index is 0. The number of nitrogens with zero attached hydrogens (tertiary/aromatic N) is 1. The molecule has 1 aliphatic heterocycles. The topological polar surface area (TPSA) is 25.6 Å². The zero-order valence-corrected chi connectivity index (χ0v) is 11.5. The largest absolute Gasteiger partial charge is 0.593 e. The van der Waals surface area contributed by atoms with Crippen LogP contribution in [0.15, 0.2) is 16.5 Å². The summed E-state index contributed by atoms with van der Waals surface area (Å²) in [4.78, 5) is 1.86. The molecule has 0 bridgehead atoms. The van der Waals surface area contributed by atoms with E-state index in [2.05, 4.69) is 6.26 Å². The van der Waals surface area contributed by atoms with Crippen LogP contribution >= 0.6 is 0 Å². The van der Waals surface area contributed by atoms with Crippen LogP contribution < -0.4 is 0 Å². The van der Waals surface area contributed by atoms with Gasteiger partial charge in [-0.2, -0.15) is 6.07 Å². The van der Waals surface area contributed by atoms with E-state index in [9.17, 15) is 0 Å². The van der Waals surface area contributed by atoms with Gasteiger partial charge in [0.2, 0.25) is 0 Å². The Balaban J connectivity index is 0.00000112. The molecule has 1 atom stereocenters. The third-order valence-electron chi connectivity index (χ3n) is 2.50. The van der Waals surface area contributed by atoms with Gasteiger partial charge >= 0.3 is 0 Å². The molecule has 0 aliphatic carbocycles. The van der Waals surface area contributed by atoms with Crippen molar-refractivity contribution in [3.8, 4) is 0 Å². The first-order valence-electron chi connectivity index (χ1n) is 4.90. The molecule has 77 valence electrons. The maximum absolute atomic E-state index is 5.76.